The summed E-state index contributed by atoms with van der Waals surface area (Å²) < 4.78 is 12.9. The number of carbonyl (C=O) groups is 1. The van der Waals surface area contributed by atoms with Crippen LogP contribution in [-0.2, 0) is 11.8 Å². The van der Waals surface area contributed by atoms with E-state index in [0.717, 1.165) is 53.6 Å². The van der Waals surface area contributed by atoms with Crippen molar-refractivity contribution in [3.8, 4) is 5.88 Å². The maximum atomic E-state index is 13.2. The second-order valence-corrected chi connectivity index (χ2v) is 6.91. The number of furan rings is 1. The smallest absolute Gasteiger partial charge is 0.230 e. The molecule has 1 amide bonds. The van der Waals surface area contributed by atoms with Gasteiger partial charge in [0.25, 0.3) is 0 Å². The van der Waals surface area contributed by atoms with E-state index in [1.165, 1.54) is 0 Å². The summed E-state index contributed by atoms with van der Waals surface area (Å²) in [6.45, 7) is 8.54. The van der Waals surface area contributed by atoms with Gasteiger partial charge in [-0.1, -0.05) is 0 Å². The highest BCUT2D eigenvalue weighted by atomic mass is 16.5. The van der Waals surface area contributed by atoms with Crippen LogP contribution in [0.2, 0.25) is 0 Å². The van der Waals surface area contributed by atoms with Gasteiger partial charge in [-0.3, -0.25) is 4.79 Å². The van der Waals surface area contributed by atoms with Crippen molar-refractivity contribution in [2.24, 2.45) is 7.05 Å². The first-order chi connectivity index (χ1) is 11.8. The molecule has 0 unspecified atom stereocenters. The van der Waals surface area contributed by atoms with Gasteiger partial charge in [-0.05, 0) is 46.6 Å². The maximum absolute atomic E-state index is 13.2. The van der Waals surface area contributed by atoms with Crippen molar-refractivity contribution in [2.45, 2.75) is 52.5 Å². The molecule has 0 N–H and O–H groups in total. The third kappa shape index (κ3) is 2.94. The maximum Gasteiger partial charge on any atom is 0.230 e. The van der Waals surface area contributed by atoms with E-state index in [1.54, 1.807) is 11.8 Å². The molecule has 0 saturated carbocycles. The quantitative estimate of drug-likeness (QED) is 0.852. The number of hydrogen-bond acceptors (Lipinski definition) is 4. The van der Waals surface area contributed by atoms with Crippen molar-refractivity contribution < 1.29 is 13.9 Å². The van der Waals surface area contributed by atoms with Crippen LogP contribution in [0.3, 0.4) is 0 Å². The number of nitrogens with zero attached hydrogens (tertiary/aromatic N) is 3. The minimum atomic E-state index is -0.221. The van der Waals surface area contributed by atoms with E-state index in [4.69, 9.17) is 9.15 Å². The molecule has 136 valence electrons. The standard InChI is InChI=1S/C19H27N3O3/c1-11-10-15(14(4)25-11)12(2)18(23)22-9-7-8-16(22)17-13(3)20-21(5)19(17)24-6/h10,12,16H,7-9H2,1-6H3/t12-,16-/m1/s1. The summed E-state index contributed by atoms with van der Waals surface area (Å²) in [6.07, 6.45) is 1.93. The number of aromatic nitrogens is 2. The first-order valence-electron chi connectivity index (χ1n) is 8.80. The molecule has 1 aliphatic rings. The van der Waals surface area contributed by atoms with Crippen LogP contribution in [0.4, 0.5) is 0 Å². The van der Waals surface area contributed by atoms with Gasteiger partial charge in [0, 0.05) is 19.2 Å². The number of methoxy groups -OCH3 is 1. The van der Waals surface area contributed by atoms with Gasteiger partial charge in [-0.15, -0.1) is 0 Å². The van der Waals surface area contributed by atoms with E-state index >= 15 is 0 Å². The third-order valence-electron chi connectivity index (χ3n) is 5.19. The highest BCUT2D eigenvalue weighted by Gasteiger charge is 2.37. The summed E-state index contributed by atoms with van der Waals surface area (Å²) in [5, 5.41) is 4.48. The Balaban J connectivity index is 1.92. The monoisotopic (exact) mass is 345 g/mol. The van der Waals surface area contributed by atoms with E-state index in [1.807, 2.05) is 45.7 Å². The number of ether oxygens (including phenoxy) is 1. The third-order valence-corrected chi connectivity index (χ3v) is 5.19. The van der Waals surface area contributed by atoms with Crippen LogP contribution in [0.5, 0.6) is 5.88 Å². The molecular formula is C19H27N3O3. The van der Waals surface area contributed by atoms with Crippen molar-refractivity contribution in [2.75, 3.05) is 13.7 Å². The van der Waals surface area contributed by atoms with Gasteiger partial charge in [0.05, 0.1) is 30.3 Å². The summed E-state index contributed by atoms with van der Waals surface area (Å²) in [6, 6.07) is 1.99. The highest BCUT2D eigenvalue weighted by Crippen LogP contribution is 2.40. The molecule has 25 heavy (non-hydrogen) atoms. The second kappa shape index (κ2) is 6.58. The summed E-state index contributed by atoms with van der Waals surface area (Å²) in [7, 11) is 3.53. The van der Waals surface area contributed by atoms with Crippen LogP contribution < -0.4 is 4.74 Å². The molecule has 0 bridgehead atoms. The van der Waals surface area contributed by atoms with Crippen LogP contribution in [0, 0.1) is 20.8 Å². The lowest BCUT2D eigenvalue weighted by Gasteiger charge is -2.28. The Kier molecular flexibility index (Phi) is 4.62. The minimum Gasteiger partial charge on any atom is -0.481 e. The zero-order valence-corrected chi connectivity index (χ0v) is 15.9. The van der Waals surface area contributed by atoms with Crippen LogP contribution >= 0.6 is 0 Å². The van der Waals surface area contributed by atoms with E-state index in [9.17, 15) is 4.79 Å². The normalized spacial score (nSPS) is 18.6. The predicted octanol–water partition coefficient (Wildman–Crippen LogP) is 3.41. The van der Waals surface area contributed by atoms with E-state index in [-0.39, 0.29) is 17.9 Å². The molecule has 3 rings (SSSR count). The van der Waals surface area contributed by atoms with Crippen molar-refractivity contribution in [1.82, 2.24) is 14.7 Å². The first-order valence-corrected chi connectivity index (χ1v) is 8.80. The van der Waals surface area contributed by atoms with Gasteiger partial charge < -0.3 is 14.1 Å². The van der Waals surface area contributed by atoms with Gasteiger partial charge in [0.15, 0.2) is 0 Å². The Hall–Kier alpha value is -2.24. The zero-order chi connectivity index (χ0) is 18.3. The fraction of sp³-hybridized carbons (Fsp3) is 0.579. The van der Waals surface area contributed by atoms with Gasteiger partial charge in [0.2, 0.25) is 11.8 Å². The lowest BCUT2D eigenvalue weighted by atomic mass is 9.98. The molecule has 2 aromatic heterocycles. The number of hydrogen-bond donors (Lipinski definition) is 0. The van der Waals surface area contributed by atoms with Crippen LogP contribution in [0.25, 0.3) is 0 Å². The van der Waals surface area contributed by atoms with Crippen molar-refractivity contribution >= 4 is 5.91 Å². The molecule has 1 aliphatic heterocycles. The minimum absolute atomic E-state index is 0.0203. The highest BCUT2D eigenvalue weighted by molar-refractivity contribution is 5.84. The molecular weight excluding hydrogens is 318 g/mol. The van der Waals surface area contributed by atoms with Gasteiger partial charge in [0.1, 0.15) is 11.5 Å². The number of rotatable bonds is 4. The molecule has 6 nitrogen and oxygen atoms in total. The predicted molar refractivity (Wildman–Crippen MR) is 94.8 cm³/mol. The SMILES string of the molecule is COc1c([C@H]2CCCN2C(=O)[C@H](C)c2cc(C)oc2C)c(C)nn1C. The van der Waals surface area contributed by atoms with Crippen molar-refractivity contribution in [3.05, 3.63) is 34.4 Å². The Labute approximate surface area is 148 Å². The van der Waals surface area contributed by atoms with Gasteiger partial charge in [-0.25, -0.2) is 4.68 Å². The summed E-state index contributed by atoms with van der Waals surface area (Å²) in [5.41, 5.74) is 2.93. The second-order valence-electron chi connectivity index (χ2n) is 6.91. The fourth-order valence-electron chi connectivity index (χ4n) is 4.07. The lowest BCUT2D eigenvalue weighted by molar-refractivity contribution is -0.133. The van der Waals surface area contributed by atoms with Gasteiger partial charge in [-0.2, -0.15) is 5.10 Å². The Morgan fingerprint density at radius 2 is 2.12 bits per heavy atom. The number of likely N-dealkylation sites (tertiary alicyclic amines) is 1. The van der Waals surface area contributed by atoms with E-state index in [2.05, 4.69) is 5.10 Å². The van der Waals surface area contributed by atoms with E-state index in [0.29, 0.717) is 0 Å². The topological polar surface area (TPSA) is 60.5 Å². The molecule has 1 saturated heterocycles. The molecule has 0 spiro atoms. The Morgan fingerprint density at radius 1 is 1.40 bits per heavy atom. The van der Waals surface area contributed by atoms with E-state index < -0.39 is 0 Å². The molecule has 3 heterocycles. The molecule has 0 radical (unpaired) electrons. The van der Waals surface area contributed by atoms with Gasteiger partial charge >= 0.3 is 0 Å². The van der Waals surface area contributed by atoms with Crippen LogP contribution in [0.15, 0.2) is 10.5 Å². The van der Waals surface area contributed by atoms with Crippen LogP contribution in [0.1, 0.15) is 60.1 Å². The van der Waals surface area contributed by atoms with Crippen molar-refractivity contribution in [3.63, 3.8) is 0 Å². The molecule has 0 aromatic carbocycles. The summed E-state index contributed by atoms with van der Waals surface area (Å²) in [4.78, 5) is 15.2. The summed E-state index contributed by atoms with van der Waals surface area (Å²) in [5.74, 6) is 2.32. The zero-order valence-electron chi connectivity index (χ0n) is 15.9. The number of aryl methyl sites for hydroxylation is 4. The largest absolute Gasteiger partial charge is 0.481 e. The molecule has 6 heteroatoms. The Bertz CT molecular complexity index is 790. The molecule has 0 aliphatic carbocycles. The summed E-state index contributed by atoms with van der Waals surface area (Å²) >= 11 is 0. The van der Waals surface area contributed by atoms with Crippen LogP contribution in [-0.4, -0.2) is 34.2 Å². The Morgan fingerprint density at radius 3 is 2.72 bits per heavy atom. The number of amides is 1. The molecule has 2 aromatic rings. The number of carbonyl (C=O) groups excluding carboxylic acids is 1. The average molecular weight is 345 g/mol. The molecule has 1 fully saturated rings. The van der Waals surface area contributed by atoms with Crippen molar-refractivity contribution in [1.29, 1.82) is 0 Å². The molecule has 2 atom stereocenters. The average Bonchev–Trinajstić information content (AvgIpc) is 3.22. The fourth-order valence-corrected chi connectivity index (χ4v) is 4.07. The lowest BCUT2D eigenvalue weighted by Crippen LogP contribution is -2.34. The first kappa shape index (κ1) is 17.6.